The highest BCUT2D eigenvalue weighted by Crippen LogP contribution is 2.32. The Hall–Kier alpha value is -2.09. The molecule has 1 amide bonds. The van der Waals surface area contributed by atoms with Crippen molar-refractivity contribution < 1.29 is 4.79 Å². The number of hydrogen-bond acceptors (Lipinski definition) is 4. The molecule has 3 rings (SSSR count). The second-order valence-corrected chi connectivity index (χ2v) is 6.98. The Morgan fingerprint density at radius 3 is 2.87 bits per heavy atom. The van der Waals surface area contributed by atoms with Crippen LogP contribution in [0.3, 0.4) is 0 Å². The lowest BCUT2D eigenvalue weighted by atomic mass is 10.0. The Bertz CT molecular complexity index is 618. The van der Waals surface area contributed by atoms with Crippen molar-refractivity contribution in [2.24, 2.45) is 11.8 Å². The van der Waals surface area contributed by atoms with E-state index >= 15 is 0 Å². The first-order valence-corrected chi connectivity index (χ1v) is 8.49. The summed E-state index contributed by atoms with van der Waals surface area (Å²) in [6, 6.07) is 5.97. The quantitative estimate of drug-likeness (QED) is 0.856. The molecule has 1 saturated heterocycles. The SMILES string of the molecule is CC(C)[C@@H]1CN(c2ncccc2C#N)CCC(=O)N1CC1CC1. The van der Waals surface area contributed by atoms with Crippen LogP contribution in [0.5, 0.6) is 0 Å². The molecule has 5 heteroatoms. The van der Waals surface area contributed by atoms with Gasteiger partial charge < -0.3 is 9.80 Å². The van der Waals surface area contributed by atoms with Gasteiger partial charge in [-0.3, -0.25) is 4.79 Å². The number of nitrogens with zero attached hydrogens (tertiary/aromatic N) is 4. The Kier molecular flexibility index (Phi) is 4.51. The lowest BCUT2D eigenvalue weighted by Crippen LogP contribution is -2.47. The van der Waals surface area contributed by atoms with Gasteiger partial charge in [0.25, 0.3) is 0 Å². The van der Waals surface area contributed by atoms with Crippen molar-refractivity contribution in [2.45, 2.75) is 39.2 Å². The van der Waals surface area contributed by atoms with Gasteiger partial charge in [-0.25, -0.2) is 4.98 Å². The van der Waals surface area contributed by atoms with Gasteiger partial charge in [-0.1, -0.05) is 13.8 Å². The molecule has 1 saturated carbocycles. The van der Waals surface area contributed by atoms with E-state index in [1.807, 2.05) is 0 Å². The summed E-state index contributed by atoms with van der Waals surface area (Å²) < 4.78 is 0. The molecule has 2 fully saturated rings. The van der Waals surface area contributed by atoms with Gasteiger partial charge in [-0.2, -0.15) is 5.26 Å². The fourth-order valence-corrected chi connectivity index (χ4v) is 3.29. The minimum absolute atomic E-state index is 0.180. The van der Waals surface area contributed by atoms with Crippen LogP contribution in [-0.2, 0) is 4.79 Å². The normalized spacial score (nSPS) is 22.2. The summed E-state index contributed by atoms with van der Waals surface area (Å²) in [6.07, 6.45) is 4.71. The number of nitriles is 1. The molecule has 1 aliphatic carbocycles. The molecule has 2 aliphatic rings. The number of rotatable bonds is 4. The van der Waals surface area contributed by atoms with Crippen LogP contribution < -0.4 is 4.90 Å². The minimum atomic E-state index is 0.180. The largest absolute Gasteiger partial charge is 0.353 e. The lowest BCUT2D eigenvalue weighted by molar-refractivity contribution is -0.133. The standard InChI is InChI=1S/C18H24N4O/c1-13(2)16-12-21(18-15(10-19)4-3-8-20-18)9-7-17(23)22(16)11-14-5-6-14/h3-4,8,13-14,16H,5-7,9,11-12H2,1-2H3/t16-/m0/s1. The van der Waals surface area contributed by atoms with Crippen molar-refractivity contribution >= 4 is 11.7 Å². The van der Waals surface area contributed by atoms with E-state index < -0.39 is 0 Å². The monoisotopic (exact) mass is 312 g/mol. The number of aromatic nitrogens is 1. The molecule has 1 aliphatic heterocycles. The van der Waals surface area contributed by atoms with Crippen molar-refractivity contribution in [3.63, 3.8) is 0 Å². The molecule has 0 bridgehead atoms. The molecule has 0 spiro atoms. The van der Waals surface area contributed by atoms with E-state index in [1.54, 1.807) is 18.3 Å². The topological polar surface area (TPSA) is 60.2 Å². The summed E-state index contributed by atoms with van der Waals surface area (Å²) in [7, 11) is 0. The van der Waals surface area contributed by atoms with Crippen molar-refractivity contribution in [1.29, 1.82) is 5.26 Å². The highest BCUT2D eigenvalue weighted by Gasteiger charge is 2.36. The number of carbonyl (C=O) groups excluding carboxylic acids is 1. The van der Waals surface area contributed by atoms with Crippen LogP contribution in [0.1, 0.15) is 38.7 Å². The summed E-state index contributed by atoms with van der Waals surface area (Å²) >= 11 is 0. The van der Waals surface area contributed by atoms with Gasteiger partial charge in [0.2, 0.25) is 5.91 Å². The number of pyridine rings is 1. The maximum absolute atomic E-state index is 12.6. The fourth-order valence-electron chi connectivity index (χ4n) is 3.29. The molecular formula is C18H24N4O. The van der Waals surface area contributed by atoms with E-state index in [1.165, 1.54) is 12.8 Å². The second kappa shape index (κ2) is 6.57. The van der Waals surface area contributed by atoms with Crippen molar-refractivity contribution in [3.05, 3.63) is 23.9 Å². The average Bonchev–Trinajstić information content (AvgIpc) is 3.37. The second-order valence-electron chi connectivity index (χ2n) is 6.98. The van der Waals surface area contributed by atoms with Gasteiger partial charge in [-0.15, -0.1) is 0 Å². The Balaban J connectivity index is 1.87. The molecule has 122 valence electrons. The van der Waals surface area contributed by atoms with E-state index in [0.29, 0.717) is 36.2 Å². The maximum Gasteiger partial charge on any atom is 0.224 e. The van der Waals surface area contributed by atoms with Crippen molar-refractivity contribution in [2.75, 3.05) is 24.5 Å². The van der Waals surface area contributed by atoms with Crippen LogP contribution in [-0.4, -0.2) is 41.5 Å². The van der Waals surface area contributed by atoms with Crippen molar-refractivity contribution in [1.82, 2.24) is 9.88 Å². The Labute approximate surface area is 137 Å². The number of hydrogen-bond donors (Lipinski definition) is 0. The molecule has 0 radical (unpaired) electrons. The smallest absolute Gasteiger partial charge is 0.224 e. The van der Waals surface area contributed by atoms with Crippen LogP contribution in [0.15, 0.2) is 18.3 Å². The van der Waals surface area contributed by atoms with Gasteiger partial charge >= 0.3 is 0 Å². The van der Waals surface area contributed by atoms with E-state index in [0.717, 1.165) is 13.1 Å². The van der Waals surface area contributed by atoms with Crippen LogP contribution in [0.4, 0.5) is 5.82 Å². The van der Waals surface area contributed by atoms with E-state index in [2.05, 4.69) is 34.7 Å². The molecule has 0 N–H and O–H groups in total. The van der Waals surface area contributed by atoms with Crippen molar-refractivity contribution in [3.8, 4) is 6.07 Å². The molecule has 2 heterocycles. The third kappa shape index (κ3) is 3.47. The average molecular weight is 312 g/mol. The molecule has 23 heavy (non-hydrogen) atoms. The van der Waals surface area contributed by atoms with Gasteiger partial charge in [0.05, 0.1) is 11.6 Å². The third-order valence-electron chi connectivity index (χ3n) is 4.85. The highest BCUT2D eigenvalue weighted by atomic mass is 16.2. The highest BCUT2D eigenvalue weighted by molar-refractivity contribution is 5.78. The molecule has 1 atom stereocenters. The van der Waals surface area contributed by atoms with Gasteiger partial charge in [-0.05, 0) is 36.8 Å². The van der Waals surface area contributed by atoms with E-state index in [9.17, 15) is 10.1 Å². The zero-order chi connectivity index (χ0) is 16.4. The number of amides is 1. The molecular weight excluding hydrogens is 288 g/mol. The van der Waals surface area contributed by atoms with Crippen LogP contribution in [0.2, 0.25) is 0 Å². The van der Waals surface area contributed by atoms with E-state index in [4.69, 9.17) is 0 Å². The molecule has 1 aromatic rings. The van der Waals surface area contributed by atoms with Crippen LogP contribution in [0, 0.1) is 23.2 Å². The summed E-state index contributed by atoms with van der Waals surface area (Å²) in [6.45, 7) is 6.62. The Morgan fingerprint density at radius 1 is 1.43 bits per heavy atom. The van der Waals surface area contributed by atoms with E-state index in [-0.39, 0.29) is 11.9 Å². The third-order valence-corrected chi connectivity index (χ3v) is 4.85. The zero-order valence-corrected chi connectivity index (χ0v) is 13.9. The first kappa shape index (κ1) is 15.8. The molecule has 1 aromatic heterocycles. The van der Waals surface area contributed by atoms with Crippen LogP contribution in [0.25, 0.3) is 0 Å². The summed E-state index contributed by atoms with van der Waals surface area (Å²) in [4.78, 5) is 21.3. The van der Waals surface area contributed by atoms with Gasteiger partial charge in [0.1, 0.15) is 11.9 Å². The first-order chi connectivity index (χ1) is 11.1. The summed E-state index contributed by atoms with van der Waals surface area (Å²) in [5, 5.41) is 9.33. The summed E-state index contributed by atoms with van der Waals surface area (Å²) in [5.41, 5.74) is 0.582. The zero-order valence-electron chi connectivity index (χ0n) is 13.9. The van der Waals surface area contributed by atoms with Gasteiger partial charge in [0.15, 0.2) is 0 Å². The number of carbonyl (C=O) groups is 1. The molecule has 5 nitrogen and oxygen atoms in total. The lowest BCUT2D eigenvalue weighted by Gasteiger charge is -2.35. The summed E-state index contributed by atoms with van der Waals surface area (Å²) in [5.74, 6) is 2.03. The molecule has 0 unspecified atom stereocenters. The maximum atomic E-state index is 12.6. The first-order valence-electron chi connectivity index (χ1n) is 8.49. The molecule has 0 aromatic carbocycles. The van der Waals surface area contributed by atoms with Crippen LogP contribution >= 0.6 is 0 Å². The number of anilines is 1. The van der Waals surface area contributed by atoms with Gasteiger partial charge in [0, 0.05) is 32.3 Å². The predicted octanol–water partition coefficient (Wildman–Crippen LogP) is 2.43. The fraction of sp³-hybridized carbons (Fsp3) is 0.611. The predicted molar refractivity (Wildman–Crippen MR) is 88.8 cm³/mol. The minimum Gasteiger partial charge on any atom is -0.353 e. The Morgan fingerprint density at radius 2 is 2.22 bits per heavy atom.